The van der Waals surface area contributed by atoms with E-state index in [1.54, 1.807) is 18.2 Å². The zero-order chi connectivity index (χ0) is 20.0. The van der Waals surface area contributed by atoms with Crippen molar-refractivity contribution in [2.75, 3.05) is 26.2 Å². The van der Waals surface area contributed by atoms with Crippen molar-refractivity contribution in [3.05, 3.63) is 36.4 Å². The molecule has 1 heterocycles. The van der Waals surface area contributed by atoms with Gasteiger partial charge in [-0.05, 0) is 38.3 Å². The van der Waals surface area contributed by atoms with Gasteiger partial charge in [0, 0.05) is 36.8 Å². The number of carbonyl (C=O) groups is 1. The normalized spacial score (nSPS) is 15.6. The minimum Gasteiger partial charge on any atom is -0.493 e. The SMILES string of the molecule is CCOc1ccc(S(=O)(=O)NCCCN2CCCCCC2=O)c2ccccc12. The summed E-state index contributed by atoms with van der Waals surface area (Å²) in [5.41, 5.74) is 0. The second-order valence-corrected chi connectivity index (χ2v) is 8.72. The van der Waals surface area contributed by atoms with Crippen molar-refractivity contribution in [3.63, 3.8) is 0 Å². The van der Waals surface area contributed by atoms with E-state index in [4.69, 9.17) is 4.74 Å². The van der Waals surface area contributed by atoms with Crippen molar-refractivity contribution in [1.82, 2.24) is 9.62 Å². The van der Waals surface area contributed by atoms with Crippen LogP contribution >= 0.6 is 0 Å². The lowest BCUT2D eigenvalue weighted by atomic mass is 10.1. The van der Waals surface area contributed by atoms with Gasteiger partial charge in [0.05, 0.1) is 11.5 Å². The van der Waals surface area contributed by atoms with E-state index in [1.807, 2.05) is 30.0 Å². The molecule has 1 N–H and O–H groups in total. The van der Waals surface area contributed by atoms with Gasteiger partial charge in [-0.1, -0.05) is 30.7 Å². The molecule has 0 radical (unpaired) electrons. The highest BCUT2D eigenvalue weighted by Gasteiger charge is 2.20. The predicted molar refractivity (Wildman–Crippen MR) is 110 cm³/mol. The molecule has 0 aromatic heterocycles. The van der Waals surface area contributed by atoms with Crippen molar-refractivity contribution in [2.24, 2.45) is 0 Å². The average Bonchev–Trinajstić information content (AvgIpc) is 2.89. The van der Waals surface area contributed by atoms with Crippen LogP contribution in [-0.4, -0.2) is 45.5 Å². The fraction of sp³-hybridized carbons (Fsp3) is 0.476. The number of nitrogens with zero attached hydrogens (tertiary/aromatic N) is 1. The number of carbonyl (C=O) groups excluding carboxylic acids is 1. The summed E-state index contributed by atoms with van der Waals surface area (Å²) in [6.45, 7) is 4.08. The number of rotatable bonds is 8. The Morgan fingerprint density at radius 1 is 1.07 bits per heavy atom. The molecule has 152 valence electrons. The van der Waals surface area contributed by atoms with Crippen molar-refractivity contribution < 1.29 is 17.9 Å². The van der Waals surface area contributed by atoms with Crippen molar-refractivity contribution in [3.8, 4) is 5.75 Å². The standard InChI is InChI=1S/C21H28N2O4S/c1-2-27-19-12-13-20(18-10-6-5-9-17(18)19)28(25,26)22-14-8-16-23-15-7-3-4-11-21(23)24/h5-6,9-10,12-13,22H,2-4,7-8,11,14-16H2,1H3. The van der Waals surface area contributed by atoms with Gasteiger partial charge in [0.1, 0.15) is 5.75 Å². The molecule has 28 heavy (non-hydrogen) atoms. The molecule has 1 amide bonds. The number of fused-ring (bicyclic) bond motifs is 1. The smallest absolute Gasteiger partial charge is 0.241 e. The number of likely N-dealkylation sites (tertiary alicyclic amines) is 1. The predicted octanol–water partition coefficient (Wildman–Crippen LogP) is 3.31. The molecule has 6 nitrogen and oxygen atoms in total. The number of ether oxygens (including phenoxy) is 1. The molecule has 2 aromatic rings. The van der Waals surface area contributed by atoms with E-state index >= 15 is 0 Å². The van der Waals surface area contributed by atoms with Crippen LogP contribution in [0.1, 0.15) is 39.0 Å². The highest BCUT2D eigenvalue weighted by Crippen LogP contribution is 2.31. The summed E-state index contributed by atoms with van der Waals surface area (Å²) in [6.07, 6.45) is 4.26. The van der Waals surface area contributed by atoms with Crippen LogP contribution in [0.2, 0.25) is 0 Å². The van der Waals surface area contributed by atoms with Gasteiger partial charge < -0.3 is 9.64 Å². The summed E-state index contributed by atoms with van der Waals surface area (Å²) in [6, 6.07) is 10.6. The van der Waals surface area contributed by atoms with E-state index in [9.17, 15) is 13.2 Å². The summed E-state index contributed by atoms with van der Waals surface area (Å²) in [7, 11) is -3.65. The molecule has 1 aliphatic heterocycles. The van der Waals surface area contributed by atoms with E-state index in [-0.39, 0.29) is 10.8 Å². The largest absolute Gasteiger partial charge is 0.493 e. The third-order valence-electron chi connectivity index (χ3n) is 5.00. The first kappa shape index (κ1) is 20.6. The minimum atomic E-state index is -3.65. The molecule has 3 rings (SSSR count). The van der Waals surface area contributed by atoms with Gasteiger partial charge in [0.15, 0.2) is 0 Å². The van der Waals surface area contributed by atoms with Crippen LogP contribution in [0.25, 0.3) is 10.8 Å². The Bertz CT molecular complexity index is 927. The topological polar surface area (TPSA) is 75.7 Å². The van der Waals surface area contributed by atoms with Crippen LogP contribution in [0.3, 0.4) is 0 Å². The fourth-order valence-corrected chi connectivity index (χ4v) is 4.87. The summed E-state index contributed by atoms with van der Waals surface area (Å²) < 4.78 is 34.0. The Hall–Kier alpha value is -2.12. The van der Waals surface area contributed by atoms with Crippen molar-refractivity contribution >= 4 is 26.7 Å². The first-order chi connectivity index (χ1) is 13.5. The monoisotopic (exact) mass is 404 g/mol. The zero-order valence-electron chi connectivity index (χ0n) is 16.3. The summed E-state index contributed by atoms with van der Waals surface area (Å²) in [4.78, 5) is 14.1. The van der Waals surface area contributed by atoms with Gasteiger partial charge in [-0.2, -0.15) is 0 Å². The van der Waals surface area contributed by atoms with Crippen LogP contribution in [0.4, 0.5) is 0 Å². The fourth-order valence-electron chi connectivity index (χ4n) is 3.59. The van der Waals surface area contributed by atoms with E-state index < -0.39 is 10.0 Å². The molecule has 0 unspecified atom stereocenters. The zero-order valence-corrected chi connectivity index (χ0v) is 17.1. The second kappa shape index (κ2) is 9.39. The molecule has 0 saturated carbocycles. The van der Waals surface area contributed by atoms with Crippen molar-refractivity contribution in [1.29, 1.82) is 0 Å². The Kier molecular flexibility index (Phi) is 6.91. The molecule has 1 aliphatic rings. The number of nitrogens with one attached hydrogen (secondary N) is 1. The molecule has 7 heteroatoms. The summed E-state index contributed by atoms with van der Waals surface area (Å²) in [5, 5.41) is 1.42. The molecule has 0 spiro atoms. The Morgan fingerprint density at radius 3 is 2.64 bits per heavy atom. The minimum absolute atomic E-state index is 0.179. The molecule has 0 atom stereocenters. The van der Waals surface area contributed by atoms with Crippen LogP contribution in [0.5, 0.6) is 5.75 Å². The quantitative estimate of drug-likeness (QED) is 0.685. The number of amides is 1. The van der Waals surface area contributed by atoms with Crippen LogP contribution in [0, 0.1) is 0 Å². The van der Waals surface area contributed by atoms with E-state index in [0.717, 1.165) is 31.2 Å². The number of hydrogen-bond acceptors (Lipinski definition) is 4. The number of sulfonamides is 1. The highest BCUT2D eigenvalue weighted by molar-refractivity contribution is 7.89. The first-order valence-electron chi connectivity index (χ1n) is 9.95. The third kappa shape index (κ3) is 4.83. The van der Waals surface area contributed by atoms with E-state index in [2.05, 4.69) is 4.72 Å². The maximum atomic E-state index is 12.9. The van der Waals surface area contributed by atoms with E-state index in [1.165, 1.54) is 0 Å². The summed E-state index contributed by atoms with van der Waals surface area (Å²) >= 11 is 0. The summed E-state index contributed by atoms with van der Waals surface area (Å²) in [5.74, 6) is 0.856. The van der Waals surface area contributed by atoms with Gasteiger partial charge in [-0.25, -0.2) is 13.1 Å². The molecule has 1 fully saturated rings. The molecular formula is C21H28N2O4S. The van der Waals surface area contributed by atoms with Gasteiger partial charge in [-0.3, -0.25) is 4.79 Å². The molecular weight excluding hydrogens is 376 g/mol. The lowest BCUT2D eigenvalue weighted by molar-refractivity contribution is -0.130. The van der Waals surface area contributed by atoms with Gasteiger partial charge in [0.2, 0.25) is 15.9 Å². The van der Waals surface area contributed by atoms with Crippen LogP contribution in [0.15, 0.2) is 41.3 Å². The Labute approximate surface area is 166 Å². The second-order valence-electron chi connectivity index (χ2n) is 6.98. The van der Waals surface area contributed by atoms with Crippen LogP contribution < -0.4 is 9.46 Å². The molecule has 1 saturated heterocycles. The number of benzene rings is 2. The number of hydrogen-bond donors (Lipinski definition) is 1. The molecule has 2 aromatic carbocycles. The first-order valence-corrected chi connectivity index (χ1v) is 11.4. The van der Waals surface area contributed by atoms with Gasteiger partial charge >= 0.3 is 0 Å². The average molecular weight is 405 g/mol. The van der Waals surface area contributed by atoms with Gasteiger partial charge in [-0.15, -0.1) is 0 Å². The Balaban J connectivity index is 1.68. The maximum absolute atomic E-state index is 12.9. The highest BCUT2D eigenvalue weighted by atomic mass is 32.2. The van der Waals surface area contributed by atoms with Crippen LogP contribution in [-0.2, 0) is 14.8 Å². The molecule has 0 bridgehead atoms. The van der Waals surface area contributed by atoms with Gasteiger partial charge in [0.25, 0.3) is 0 Å². The molecule has 0 aliphatic carbocycles. The third-order valence-corrected chi connectivity index (χ3v) is 6.52. The maximum Gasteiger partial charge on any atom is 0.241 e. The van der Waals surface area contributed by atoms with E-state index in [0.29, 0.717) is 43.7 Å². The lowest BCUT2D eigenvalue weighted by Gasteiger charge is -2.20. The lowest BCUT2D eigenvalue weighted by Crippen LogP contribution is -2.34. The van der Waals surface area contributed by atoms with Crippen molar-refractivity contribution in [2.45, 2.75) is 43.9 Å². The Morgan fingerprint density at radius 2 is 1.86 bits per heavy atom.